The van der Waals surface area contributed by atoms with Crippen molar-refractivity contribution in [1.82, 2.24) is 4.98 Å². The molecule has 8 heteroatoms. The van der Waals surface area contributed by atoms with E-state index in [1.807, 2.05) is 36.4 Å². The molecule has 0 bridgehead atoms. The number of nitrogens with zero attached hydrogens (tertiary/aromatic N) is 2. The number of para-hydroxylation sites is 1. The Labute approximate surface area is 169 Å². The standard InChI is InChI=1S/C20H13ClN2O4S/c21-19-22-8-11(28-19)9-23-14-4-2-1-3-13(14)20(18(23)24)7-12-15(27-20)5-6-16-17(12)26-10-25-16/h1-5,7-8H,6,9-10H2. The lowest BCUT2D eigenvalue weighted by molar-refractivity contribution is -0.132. The molecule has 1 amide bonds. The lowest BCUT2D eigenvalue weighted by Crippen LogP contribution is -2.38. The van der Waals surface area contributed by atoms with Crippen LogP contribution < -0.4 is 4.90 Å². The molecule has 28 heavy (non-hydrogen) atoms. The number of aromatic nitrogens is 1. The van der Waals surface area contributed by atoms with Crippen LogP contribution in [0.4, 0.5) is 5.69 Å². The molecule has 4 heterocycles. The minimum atomic E-state index is -1.19. The monoisotopic (exact) mass is 412 g/mol. The smallest absolute Gasteiger partial charge is 0.280 e. The number of carbonyl (C=O) groups excluding carboxylic acids is 1. The maximum atomic E-state index is 13.6. The summed E-state index contributed by atoms with van der Waals surface area (Å²) in [6, 6.07) is 7.70. The summed E-state index contributed by atoms with van der Waals surface area (Å²) in [5.74, 6) is 1.98. The molecule has 0 fully saturated rings. The van der Waals surface area contributed by atoms with Crippen molar-refractivity contribution in [2.75, 3.05) is 11.7 Å². The number of benzene rings is 1. The van der Waals surface area contributed by atoms with Gasteiger partial charge in [-0.1, -0.05) is 29.8 Å². The minimum absolute atomic E-state index is 0.137. The molecular formula is C20H13ClN2O4S. The van der Waals surface area contributed by atoms with Crippen LogP contribution in [-0.2, 0) is 31.2 Å². The highest BCUT2D eigenvalue weighted by Gasteiger charge is 2.56. The van der Waals surface area contributed by atoms with Crippen molar-refractivity contribution in [1.29, 1.82) is 0 Å². The third-order valence-corrected chi connectivity index (χ3v) is 6.39. The Bertz CT molecular complexity index is 1130. The fourth-order valence-electron chi connectivity index (χ4n) is 4.09. The normalized spacial score (nSPS) is 24.3. The fourth-order valence-corrected chi connectivity index (χ4v) is 5.05. The number of hydrogen-bond acceptors (Lipinski definition) is 6. The molecule has 3 aliphatic heterocycles. The molecule has 6 nitrogen and oxygen atoms in total. The van der Waals surface area contributed by atoms with E-state index in [1.54, 1.807) is 11.1 Å². The van der Waals surface area contributed by atoms with Gasteiger partial charge < -0.3 is 19.1 Å². The number of hydrogen-bond donors (Lipinski definition) is 0. The molecule has 1 aromatic carbocycles. The van der Waals surface area contributed by atoms with Gasteiger partial charge in [-0.05, 0) is 18.2 Å². The molecule has 1 atom stereocenters. The van der Waals surface area contributed by atoms with Gasteiger partial charge >= 0.3 is 0 Å². The first-order valence-electron chi connectivity index (χ1n) is 8.79. The van der Waals surface area contributed by atoms with Gasteiger partial charge in [-0.3, -0.25) is 4.79 Å². The number of amides is 1. The maximum absolute atomic E-state index is 13.6. The highest BCUT2D eigenvalue weighted by molar-refractivity contribution is 7.15. The Morgan fingerprint density at radius 1 is 1.29 bits per heavy atom. The predicted octanol–water partition coefficient (Wildman–Crippen LogP) is 4.00. The Hall–Kier alpha value is -2.77. The fraction of sp³-hybridized carbons (Fsp3) is 0.200. The maximum Gasteiger partial charge on any atom is 0.280 e. The van der Waals surface area contributed by atoms with E-state index in [1.165, 1.54) is 11.3 Å². The third kappa shape index (κ3) is 2.08. The zero-order valence-electron chi connectivity index (χ0n) is 14.5. The molecule has 1 aromatic heterocycles. The lowest BCUT2D eigenvalue weighted by atomic mass is 9.93. The van der Waals surface area contributed by atoms with Gasteiger partial charge in [0.2, 0.25) is 12.4 Å². The van der Waals surface area contributed by atoms with E-state index < -0.39 is 5.60 Å². The van der Waals surface area contributed by atoms with Gasteiger partial charge in [-0.2, -0.15) is 0 Å². The quantitative estimate of drug-likeness (QED) is 0.746. The van der Waals surface area contributed by atoms with Crippen LogP contribution in [-0.4, -0.2) is 17.7 Å². The molecule has 6 rings (SSSR count). The summed E-state index contributed by atoms with van der Waals surface area (Å²) in [5.41, 5.74) is 1.23. The van der Waals surface area contributed by atoms with E-state index in [4.69, 9.17) is 25.8 Å². The molecule has 0 saturated carbocycles. The zero-order chi connectivity index (χ0) is 18.9. The van der Waals surface area contributed by atoms with Crippen LogP contribution in [0.1, 0.15) is 16.9 Å². The van der Waals surface area contributed by atoms with Crippen molar-refractivity contribution < 1.29 is 19.0 Å². The second-order valence-electron chi connectivity index (χ2n) is 6.82. The van der Waals surface area contributed by atoms with E-state index in [9.17, 15) is 4.79 Å². The summed E-state index contributed by atoms with van der Waals surface area (Å²) in [5, 5.41) is 0. The number of halogens is 1. The number of anilines is 1. The first-order valence-corrected chi connectivity index (χ1v) is 9.98. The van der Waals surface area contributed by atoms with E-state index in [0.717, 1.165) is 27.5 Å². The molecule has 0 saturated heterocycles. The van der Waals surface area contributed by atoms with Crippen LogP contribution in [0.15, 0.2) is 65.5 Å². The summed E-state index contributed by atoms with van der Waals surface area (Å²) >= 11 is 7.33. The van der Waals surface area contributed by atoms with Gasteiger partial charge in [0.1, 0.15) is 11.5 Å². The summed E-state index contributed by atoms with van der Waals surface area (Å²) < 4.78 is 17.9. The Kier molecular flexibility index (Phi) is 3.25. The molecule has 0 N–H and O–H groups in total. The van der Waals surface area contributed by atoms with Gasteiger partial charge in [-0.15, -0.1) is 11.3 Å². The van der Waals surface area contributed by atoms with Crippen LogP contribution in [0.2, 0.25) is 4.47 Å². The van der Waals surface area contributed by atoms with E-state index in [0.29, 0.717) is 29.0 Å². The van der Waals surface area contributed by atoms with Crippen LogP contribution in [0.25, 0.3) is 0 Å². The molecule has 1 unspecified atom stereocenters. The van der Waals surface area contributed by atoms with Crippen molar-refractivity contribution in [3.05, 3.63) is 80.4 Å². The Balaban J connectivity index is 1.47. The molecule has 1 aliphatic carbocycles. The molecule has 140 valence electrons. The third-order valence-electron chi connectivity index (χ3n) is 5.29. The minimum Gasteiger partial charge on any atom is -0.468 e. The van der Waals surface area contributed by atoms with E-state index in [-0.39, 0.29) is 12.7 Å². The topological polar surface area (TPSA) is 60.9 Å². The van der Waals surface area contributed by atoms with Crippen LogP contribution in [0, 0.1) is 0 Å². The number of allylic oxidation sites excluding steroid dienone is 1. The molecule has 2 aromatic rings. The summed E-state index contributed by atoms with van der Waals surface area (Å²) in [7, 11) is 0. The number of rotatable bonds is 2. The predicted molar refractivity (Wildman–Crippen MR) is 102 cm³/mol. The second-order valence-corrected chi connectivity index (χ2v) is 8.51. The highest BCUT2D eigenvalue weighted by atomic mass is 35.5. The Morgan fingerprint density at radius 2 is 2.18 bits per heavy atom. The molecule has 4 aliphatic rings. The summed E-state index contributed by atoms with van der Waals surface area (Å²) in [6.45, 7) is 0.583. The van der Waals surface area contributed by atoms with Crippen LogP contribution in [0.5, 0.6) is 0 Å². The number of ether oxygens (including phenoxy) is 3. The van der Waals surface area contributed by atoms with Gasteiger partial charge in [0.05, 0.1) is 17.8 Å². The van der Waals surface area contributed by atoms with Crippen molar-refractivity contribution >= 4 is 34.5 Å². The number of carbonyl (C=O) groups is 1. The molecular weight excluding hydrogens is 400 g/mol. The molecule has 0 radical (unpaired) electrons. The van der Waals surface area contributed by atoms with Gasteiger partial charge in [0.25, 0.3) is 5.91 Å². The van der Waals surface area contributed by atoms with E-state index in [2.05, 4.69) is 4.98 Å². The van der Waals surface area contributed by atoms with Crippen molar-refractivity contribution in [2.24, 2.45) is 0 Å². The summed E-state index contributed by atoms with van der Waals surface area (Å²) in [4.78, 5) is 20.3. The van der Waals surface area contributed by atoms with E-state index >= 15 is 0 Å². The zero-order valence-corrected chi connectivity index (χ0v) is 16.0. The second kappa shape index (κ2) is 5.62. The largest absolute Gasteiger partial charge is 0.468 e. The average Bonchev–Trinajstić information content (AvgIpc) is 3.45. The SMILES string of the molecule is O=C1N(Cc2cnc(Cl)s2)c2ccccc2C12C=C1C(=CCC3=C1OCO3)O2. The molecule has 1 spiro atoms. The lowest BCUT2D eigenvalue weighted by Gasteiger charge is -2.23. The van der Waals surface area contributed by atoms with Crippen LogP contribution >= 0.6 is 22.9 Å². The highest BCUT2D eigenvalue weighted by Crippen LogP contribution is 2.53. The number of thiazole rings is 1. The van der Waals surface area contributed by atoms with Gasteiger partial charge in [0.15, 0.2) is 10.2 Å². The van der Waals surface area contributed by atoms with Gasteiger partial charge in [-0.25, -0.2) is 4.98 Å². The van der Waals surface area contributed by atoms with Crippen molar-refractivity contribution in [2.45, 2.75) is 18.6 Å². The van der Waals surface area contributed by atoms with Crippen molar-refractivity contribution in [3.63, 3.8) is 0 Å². The number of fused-ring (bicyclic) bond motifs is 4. The average molecular weight is 413 g/mol. The first kappa shape index (κ1) is 16.2. The Morgan fingerprint density at radius 3 is 3.04 bits per heavy atom. The first-order chi connectivity index (χ1) is 13.7. The van der Waals surface area contributed by atoms with Crippen LogP contribution in [0.3, 0.4) is 0 Å². The van der Waals surface area contributed by atoms with Crippen molar-refractivity contribution in [3.8, 4) is 0 Å². The summed E-state index contributed by atoms with van der Waals surface area (Å²) in [6.07, 6.45) is 6.10. The van der Waals surface area contributed by atoms with Gasteiger partial charge in [0, 0.05) is 23.1 Å².